The maximum absolute atomic E-state index is 12.0. The molecule has 48 valence electrons. The van der Waals surface area contributed by atoms with Crippen LogP contribution in [0.2, 0.25) is 0 Å². The van der Waals surface area contributed by atoms with Crippen LogP contribution in [0.15, 0.2) is 12.0 Å². The molecule has 0 spiro atoms. The second-order valence-corrected chi connectivity index (χ2v) is 1.54. The van der Waals surface area contributed by atoms with Gasteiger partial charge in [-0.15, -0.1) is 0 Å². The van der Waals surface area contributed by atoms with E-state index in [1.165, 1.54) is 0 Å². The molecule has 0 aliphatic carbocycles. The number of halogens is 3. The summed E-state index contributed by atoms with van der Waals surface area (Å²) in [7, 11) is 0. The van der Waals surface area contributed by atoms with Gasteiger partial charge in [-0.25, -0.2) is 0 Å². The molecule has 0 saturated carbocycles. The first kappa shape index (κ1) is 10.8. The summed E-state index contributed by atoms with van der Waals surface area (Å²) >= 11 is 0. The van der Waals surface area contributed by atoms with Gasteiger partial charge in [0.05, 0.1) is 0 Å². The SMILES string of the molecule is Fc1bccc(F)c1F.[KH]. The molecule has 0 saturated heterocycles. The molecule has 0 amide bonds. The fraction of sp³-hybridized carbons (Fsp3) is 0. The zero-order chi connectivity index (χ0) is 6.85. The molecule has 1 aromatic heterocycles. The molecule has 0 nitrogen and oxygen atoms in total. The molecular formula is C5H3BF3K. The Morgan fingerprint density at radius 3 is 2.20 bits per heavy atom. The van der Waals surface area contributed by atoms with Crippen LogP contribution in [0.25, 0.3) is 0 Å². The van der Waals surface area contributed by atoms with E-state index in [9.17, 15) is 13.2 Å². The molecule has 0 radical (unpaired) electrons. The van der Waals surface area contributed by atoms with Crippen molar-refractivity contribution in [2.75, 3.05) is 0 Å². The summed E-state index contributed by atoms with van der Waals surface area (Å²) in [4.78, 5) is 0. The van der Waals surface area contributed by atoms with Crippen molar-refractivity contribution in [1.29, 1.82) is 0 Å². The Morgan fingerprint density at radius 1 is 1.20 bits per heavy atom. The third-order valence-electron chi connectivity index (χ3n) is 0.904. The van der Waals surface area contributed by atoms with Gasteiger partial charge in [-0.3, -0.25) is 0 Å². The minimum atomic E-state index is -1.42. The molecule has 1 rings (SSSR count). The van der Waals surface area contributed by atoms with Crippen LogP contribution in [-0.4, -0.2) is 58.3 Å². The topological polar surface area (TPSA) is 0 Å². The summed E-state index contributed by atoms with van der Waals surface area (Å²) in [6.45, 7) is 0.860. The predicted molar refractivity (Wildman–Crippen MR) is 34.8 cm³/mol. The average Bonchev–Trinajstić information content (AvgIpc) is 1.83. The molecule has 0 N–H and O–H groups in total. The van der Waals surface area contributed by atoms with Crippen LogP contribution in [-0.2, 0) is 0 Å². The van der Waals surface area contributed by atoms with Gasteiger partial charge >= 0.3 is 101 Å². The van der Waals surface area contributed by atoms with Gasteiger partial charge in [-0.05, 0) is 0 Å². The van der Waals surface area contributed by atoms with E-state index in [2.05, 4.69) is 0 Å². The molecular weight excluding hydrogens is 167 g/mol. The quantitative estimate of drug-likeness (QED) is 0.505. The molecule has 5 heteroatoms. The van der Waals surface area contributed by atoms with Crippen molar-refractivity contribution in [1.82, 2.24) is 0 Å². The Labute approximate surface area is 99.5 Å². The van der Waals surface area contributed by atoms with E-state index in [1.807, 2.05) is 0 Å². The Morgan fingerprint density at radius 2 is 1.80 bits per heavy atom. The van der Waals surface area contributed by atoms with Gasteiger partial charge in [0.1, 0.15) is 0 Å². The Balaban J connectivity index is 0.000000810. The van der Waals surface area contributed by atoms with E-state index in [1.54, 1.807) is 0 Å². The van der Waals surface area contributed by atoms with E-state index in [0.717, 1.165) is 18.9 Å². The first-order valence-electron chi connectivity index (χ1n) is 2.31. The van der Waals surface area contributed by atoms with Crippen LogP contribution in [0.5, 0.6) is 0 Å². The molecule has 0 bridgehead atoms. The van der Waals surface area contributed by atoms with Crippen LogP contribution in [0.1, 0.15) is 0 Å². The van der Waals surface area contributed by atoms with Crippen molar-refractivity contribution in [3.63, 3.8) is 0 Å². The molecule has 1 aromatic rings. The fourth-order valence-electron chi connectivity index (χ4n) is 0.477. The van der Waals surface area contributed by atoms with Crippen LogP contribution < -0.4 is 0 Å². The normalized spacial score (nSPS) is 8.30. The summed E-state index contributed by atoms with van der Waals surface area (Å²) in [5.41, 5.74) is -1.16. The number of hydrogen-bond acceptors (Lipinski definition) is 0. The summed E-state index contributed by atoms with van der Waals surface area (Å²) < 4.78 is 35.9. The van der Waals surface area contributed by atoms with Gasteiger partial charge < -0.3 is 0 Å². The van der Waals surface area contributed by atoms with Crippen LogP contribution in [0.3, 0.4) is 0 Å². The maximum atomic E-state index is 12.0. The monoisotopic (exact) mass is 170 g/mol. The van der Waals surface area contributed by atoms with Crippen molar-refractivity contribution in [2.24, 2.45) is 0 Å². The first-order chi connectivity index (χ1) is 4.22. The van der Waals surface area contributed by atoms with Gasteiger partial charge in [0.25, 0.3) is 0 Å². The van der Waals surface area contributed by atoms with E-state index in [0.29, 0.717) is 0 Å². The predicted octanol–water partition coefficient (Wildman–Crippen LogP) is 0.794. The second-order valence-electron chi connectivity index (χ2n) is 1.54. The first-order valence-corrected chi connectivity index (χ1v) is 2.31. The summed E-state index contributed by atoms with van der Waals surface area (Å²) in [6, 6.07) is 0.860. The minimum absolute atomic E-state index is 0. The summed E-state index contributed by atoms with van der Waals surface area (Å²) in [5.74, 6) is -1.47. The van der Waals surface area contributed by atoms with Crippen molar-refractivity contribution in [2.45, 2.75) is 0 Å². The van der Waals surface area contributed by atoms with E-state index < -0.39 is 17.3 Å². The van der Waals surface area contributed by atoms with E-state index >= 15 is 0 Å². The molecule has 0 fully saturated rings. The Kier molecular flexibility index (Phi) is 5.06. The van der Waals surface area contributed by atoms with Gasteiger partial charge in [-0.1, -0.05) is 0 Å². The third kappa shape index (κ3) is 2.47. The van der Waals surface area contributed by atoms with Gasteiger partial charge in [0.15, 0.2) is 0 Å². The zero-order valence-corrected chi connectivity index (χ0v) is 4.37. The van der Waals surface area contributed by atoms with Gasteiger partial charge in [0, 0.05) is 0 Å². The molecule has 0 aromatic carbocycles. The number of hydrogen-bond donors (Lipinski definition) is 0. The van der Waals surface area contributed by atoms with E-state index in [-0.39, 0.29) is 51.4 Å². The molecule has 10 heavy (non-hydrogen) atoms. The Bertz CT molecular complexity index is 208. The Hall–Kier alpha value is 0.841. The molecule has 0 atom stereocenters. The summed E-state index contributed by atoms with van der Waals surface area (Å²) in [5, 5.41) is 0. The van der Waals surface area contributed by atoms with Gasteiger partial charge in [-0.2, -0.15) is 0 Å². The summed E-state index contributed by atoms with van der Waals surface area (Å²) in [6.07, 6.45) is 0. The zero-order valence-electron chi connectivity index (χ0n) is 4.37. The standard InChI is InChI=1S/C5H2BF3.K.H/c7-3-1-2-6-5(9)4(3)8;;/h1-2H;;. The molecule has 0 aliphatic rings. The van der Waals surface area contributed by atoms with E-state index in [4.69, 9.17) is 0 Å². The molecule has 1 heterocycles. The van der Waals surface area contributed by atoms with Crippen molar-refractivity contribution in [3.8, 4) is 0 Å². The fourth-order valence-corrected chi connectivity index (χ4v) is 0.477. The third-order valence-corrected chi connectivity index (χ3v) is 0.904. The second kappa shape index (κ2) is 4.67. The van der Waals surface area contributed by atoms with Crippen LogP contribution in [0.4, 0.5) is 13.2 Å². The number of rotatable bonds is 0. The van der Waals surface area contributed by atoms with Crippen LogP contribution >= 0.6 is 0 Å². The molecule has 0 aliphatic heterocycles. The van der Waals surface area contributed by atoms with Crippen molar-refractivity contribution >= 4 is 58.3 Å². The van der Waals surface area contributed by atoms with Crippen molar-refractivity contribution in [3.05, 3.63) is 29.4 Å². The van der Waals surface area contributed by atoms with Gasteiger partial charge in [0.2, 0.25) is 0 Å². The molecule has 0 unspecified atom stereocenters. The van der Waals surface area contributed by atoms with Crippen LogP contribution in [0, 0.1) is 17.3 Å². The van der Waals surface area contributed by atoms with Crippen molar-refractivity contribution < 1.29 is 13.2 Å². The average molecular weight is 170 g/mol.